The molecule has 2 rings (SSSR count). The Kier molecular flexibility index (Phi) is 5.55. The number of alkyl halides is 3. The third-order valence-corrected chi connectivity index (χ3v) is 4.60. The Morgan fingerprint density at radius 2 is 1.88 bits per heavy atom. The average molecular weight is 345 g/mol. The highest BCUT2D eigenvalue weighted by Gasteiger charge is 2.51. The first-order valence-electron chi connectivity index (χ1n) is 8.00. The zero-order valence-electron chi connectivity index (χ0n) is 13.5. The minimum Gasteiger partial charge on any atom is -0.396 e. The number of piperidine rings is 1. The molecule has 7 heteroatoms. The van der Waals surface area contributed by atoms with Crippen LogP contribution in [-0.4, -0.2) is 46.4 Å². The summed E-state index contributed by atoms with van der Waals surface area (Å²) in [5.74, 6) is -0.258. The first-order chi connectivity index (χ1) is 11.2. The van der Waals surface area contributed by atoms with Gasteiger partial charge in [-0.1, -0.05) is 12.1 Å². The molecule has 4 nitrogen and oxygen atoms in total. The van der Waals surface area contributed by atoms with Crippen molar-refractivity contribution in [3.05, 3.63) is 35.4 Å². The molecule has 0 saturated carbocycles. The van der Waals surface area contributed by atoms with Crippen LogP contribution >= 0.6 is 0 Å². The molecule has 2 N–H and O–H groups in total. The van der Waals surface area contributed by atoms with Crippen molar-refractivity contribution in [2.45, 2.75) is 50.4 Å². The number of amides is 1. The molecule has 0 spiro atoms. The fourth-order valence-corrected chi connectivity index (χ4v) is 2.98. The van der Waals surface area contributed by atoms with E-state index in [1.165, 1.54) is 12.1 Å². The van der Waals surface area contributed by atoms with Crippen LogP contribution in [0.25, 0.3) is 0 Å². The smallest absolute Gasteiger partial charge is 0.396 e. The van der Waals surface area contributed by atoms with Crippen molar-refractivity contribution in [3.8, 4) is 0 Å². The van der Waals surface area contributed by atoms with E-state index in [1.54, 1.807) is 4.90 Å². The molecule has 2 unspecified atom stereocenters. The molecule has 1 aliphatic heterocycles. The first-order valence-corrected chi connectivity index (χ1v) is 8.00. The summed E-state index contributed by atoms with van der Waals surface area (Å²) >= 11 is 0. The van der Waals surface area contributed by atoms with E-state index in [9.17, 15) is 23.1 Å². The zero-order chi connectivity index (χ0) is 18.0. The molecule has 1 aliphatic rings. The molecule has 1 aromatic carbocycles. The van der Waals surface area contributed by atoms with Crippen molar-refractivity contribution in [2.24, 2.45) is 0 Å². The Bertz CT molecular complexity index is 567. The summed E-state index contributed by atoms with van der Waals surface area (Å²) in [6.07, 6.45) is -1.63. The van der Waals surface area contributed by atoms with Crippen molar-refractivity contribution < 1.29 is 28.2 Å². The van der Waals surface area contributed by atoms with Crippen LogP contribution in [0.5, 0.6) is 0 Å². The predicted molar refractivity (Wildman–Crippen MR) is 82.4 cm³/mol. The van der Waals surface area contributed by atoms with Crippen molar-refractivity contribution in [3.63, 3.8) is 0 Å². The van der Waals surface area contributed by atoms with Gasteiger partial charge in [-0.3, -0.25) is 4.79 Å². The number of nitrogens with zero attached hydrogens (tertiary/aromatic N) is 1. The van der Waals surface area contributed by atoms with Gasteiger partial charge >= 0.3 is 6.18 Å². The van der Waals surface area contributed by atoms with Crippen LogP contribution in [0, 0.1) is 0 Å². The van der Waals surface area contributed by atoms with Crippen LogP contribution in [0.4, 0.5) is 13.2 Å². The number of carbonyl (C=O) groups is 1. The van der Waals surface area contributed by atoms with Crippen LogP contribution in [0.2, 0.25) is 0 Å². The highest BCUT2D eigenvalue weighted by molar-refractivity contribution is 5.94. The highest BCUT2D eigenvalue weighted by Crippen LogP contribution is 2.38. The lowest BCUT2D eigenvalue weighted by atomic mass is 9.93. The number of aliphatic hydroxyl groups excluding tert-OH is 1. The topological polar surface area (TPSA) is 60.8 Å². The number of hydrogen-bond acceptors (Lipinski definition) is 3. The molecule has 1 saturated heterocycles. The van der Waals surface area contributed by atoms with Crippen molar-refractivity contribution >= 4 is 5.91 Å². The van der Waals surface area contributed by atoms with Crippen LogP contribution in [-0.2, 0) is 5.60 Å². The van der Waals surface area contributed by atoms with Gasteiger partial charge in [-0.2, -0.15) is 13.2 Å². The SMILES string of the molecule is CC(O)(c1ccc(C(=O)N2CCCCC2CCO)cc1)C(F)(F)F. The summed E-state index contributed by atoms with van der Waals surface area (Å²) in [6, 6.07) is 4.83. The van der Waals surface area contributed by atoms with Gasteiger partial charge in [0.05, 0.1) is 0 Å². The zero-order valence-corrected chi connectivity index (χ0v) is 13.5. The van der Waals surface area contributed by atoms with E-state index in [0.29, 0.717) is 19.9 Å². The van der Waals surface area contributed by atoms with E-state index in [4.69, 9.17) is 5.11 Å². The van der Waals surface area contributed by atoms with Crippen molar-refractivity contribution in [1.82, 2.24) is 4.90 Å². The number of aliphatic hydroxyl groups is 2. The number of hydrogen-bond donors (Lipinski definition) is 2. The second kappa shape index (κ2) is 7.11. The molecule has 0 aromatic heterocycles. The molecule has 1 amide bonds. The Morgan fingerprint density at radius 3 is 2.42 bits per heavy atom. The maximum absolute atomic E-state index is 12.9. The second-order valence-corrected chi connectivity index (χ2v) is 6.31. The van der Waals surface area contributed by atoms with Crippen LogP contribution in [0.15, 0.2) is 24.3 Å². The summed E-state index contributed by atoms with van der Waals surface area (Å²) in [4.78, 5) is 14.3. The molecular weight excluding hydrogens is 323 g/mol. The average Bonchev–Trinajstić information content (AvgIpc) is 2.54. The first kappa shape index (κ1) is 18.7. The summed E-state index contributed by atoms with van der Waals surface area (Å²) in [6.45, 7) is 1.25. The lowest BCUT2D eigenvalue weighted by Gasteiger charge is -2.35. The third kappa shape index (κ3) is 3.72. The second-order valence-electron chi connectivity index (χ2n) is 6.31. The van der Waals surface area contributed by atoms with Crippen molar-refractivity contribution in [1.29, 1.82) is 0 Å². The fraction of sp³-hybridized carbons (Fsp3) is 0.588. The standard InChI is InChI=1S/C17H22F3NO3/c1-16(24,17(18,19)20)13-7-5-12(6-8-13)15(23)21-10-3-2-4-14(21)9-11-22/h5-8,14,22,24H,2-4,9-11H2,1H3. The Morgan fingerprint density at radius 1 is 1.25 bits per heavy atom. The Hall–Kier alpha value is -1.60. The van der Waals surface area contributed by atoms with E-state index >= 15 is 0 Å². The summed E-state index contributed by atoms with van der Waals surface area (Å²) < 4.78 is 38.6. The summed E-state index contributed by atoms with van der Waals surface area (Å²) in [5.41, 5.74) is -2.99. The number of benzene rings is 1. The van der Waals surface area contributed by atoms with Gasteiger partial charge in [0.25, 0.3) is 5.91 Å². The van der Waals surface area contributed by atoms with Crippen LogP contribution in [0.1, 0.15) is 48.5 Å². The lowest BCUT2D eigenvalue weighted by molar-refractivity contribution is -0.258. The number of halogens is 3. The van der Waals surface area contributed by atoms with Gasteiger partial charge in [0.2, 0.25) is 0 Å². The molecule has 134 valence electrons. The van der Waals surface area contributed by atoms with Gasteiger partial charge in [0.15, 0.2) is 5.60 Å². The van der Waals surface area contributed by atoms with E-state index < -0.39 is 11.8 Å². The van der Waals surface area contributed by atoms with Crippen LogP contribution < -0.4 is 0 Å². The minimum atomic E-state index is -4.79. The number of carbonyl (C=O) groups excluding carboxylic acids is 1. The Balaban J connectivity index is 2.19. The maximum atomic E-state index is 12.9. The lowest BCUT2D eigenvalue weighted by Crippen LogP contribution is -2.44. The molecule has 24 heavy (non-hydrogen) atoms. The summed E-state index contributed by atoms with van der Waals surface area (Å²) in [5, 5.41) is 18.8. The molecule has 2 atom stereocenters. The van der Waals surface area contributed by atoms with Gasteiger partial charge in [-0.05, 0) is 50.3 Å². The monoisotopic (exact) mass is 345 g/mol. The van der Waals surface area contributed by atoms with Gasteiger partial charge in [-0.15, -0.1) is 0 Å². The Labute approximate surface area is 138 Å². The molecular formula is C17H22F3NO3. The minimum absolute atomic E-state index is 0.0121. The molecule has 0 radical (unpaired) electrons. The van der Waals surface area contributed by atoms with Gasteiger partial charge < -0.3 is 15.1 Å². The normalized spacial score (nSPS) is 21.4. The van der Waals surface area contributed by atoms with Gasteiger partial charge in [-0.25, -0.2) is 0 Å². The van der Waals surface area contributed by atoms with E-state index in [-0.39, 0.29) is 29.7 Å². The molecule has 0 bridgehead atoms. The van der Waals surface area contributed by atoms with Crippen LogP contribution in [0.3, 0.4) is 0 Å². The van der Waals surface area contributed by atoms with E-state index in [1.807, 2.05) is 0 Å². The predicted octanol–water partition coefficient (Wildman–Crippen LogP) is 2.83. The largest absolute Gasteiger partial charge is 0.421 e. The molecule has 1 aromatic rings. The number of rotatable bonds is 4. The third-order valence-electron chi connectivity index (χ3n) is 4.60. The maximum Gasteiger partial charge on any atom is 0.421 e. The molecule has 0 aliphatic carbocycles. The highest BCUT2D eigenvalue weighted by atomic mass is 19.4. The quantitative estimate of drug-likeness (QED) is 0.882. The van der Waals surface area contributed by atoms with E-state index in [2.05, 4.69) is 0 Å². The summed E-state index contributed by atoms with van der Waals surface area (Å²) in [7, 11) is 0. The van der Waals surface area contributed by atoms with E-state index in [0.717, 1.165) is 31.4 Å². The van der Waals surface area contributed by atoms with Crippen molar-refractivity contribution in [2.75, 3.05) is 13.2 Å². The molecule has 1 heterocycles. The number of likely N-dealkylation sites (tertiary alicyclic amines) is 1. The molecule has 1 fully saturated rings. The van der Waals surface area contributed by atoms with Gasteiger partial charge in [0.1, 0.15) is 0 Å². The fourth-order valence-electron chi connectivity index (χ4n) is 2.98. The van der Waals surface area contributed by atoms with Gasteiger partial charge in [0, 0.05) is 24.8 Å².